The van der Waals surface area contributed by atoms with Crippen LogP contribution in [-0.4, -0.2) is 57.2 Å². The van der Waals surface area contributed by atoms with E-state index in [9.17, 15) is 9.59 Å². The fourth-order valence-corrected chi connectivity index (χ4v) is 4.67. The molecule has 11 heteroatoms. The molecule has 1 saturated heterocycles. The summed E-state index contributed by atoms with van der Waals surface area (Å²) in [5.74, 6) is 1.57. The lowest BCUT2D eigenvalue weighted by Gasteiger charge is -2.15. The number of benzene rings is 2. The summed E-state index contributed by atoms with van der Waals surface area (Å²) in [6.45, 7) is 2.94. The average molecular weight is 481 g/mol. The second-order valence-corrected chi connectivity index (χ2v) is 8.85. The molecule has 0 bridgehead atoms. The standard InChI is InChI=1S/C23H24N6O4S/c30-21(25-22(31)24-16-8-9-18-19(12-16)33-15-32-18)14-34-23-27-26-20(13-28-10-4-5-11-28)29(23)17-6-2-1-3-7-17/h1-3,6-9,12H,4-5,10-11,13-15H2,(H2,24,25,30,31). The van der Waals surface area contributed by atoms with Crippen molar-refractivity contribution in [3.05, 3.63) is 54.4 Å². The molecule has 5 rings (SSSR count). The molecular formula is C23H24N6O4S. The van der Waals surface area contributed by atoms with Crippen molar-refractivity contribution in [3.63, 3.8) is 0 Å². The smallest absolute Gasteiger partial charge is 0.325 e. The first-order valence-corrected chi connectivity index (χ1v) is 12.0. The van der Waals surface area contributed by atoms with Crippen molar-refractivity contribution >= 4 is 29.4 Å². The third-order valence-corrected chi connectivity index (χ3v) is 6.42. The molecule has 1 aromatic heterocycles. The number of hydrogen-bond donors (Lipinski definition) is 2. The summed E-state index contributed by atoms with van der Waals surface area (Å²) in [6.07, 6.45) is 2.38. The number of rotatable bonds is 7. The minimum atomic E-state index is -0.622. The number of thioether (sulfide) groups is 1. The van der Waals surface area contributed by atoms with Gasteiger partial charge >= 0.3 is 6.03 Å². The van der Waals surface area contributed by atoms with Crippen LogP contribution in [0.5, 0.6) is 11.5 Å². The lowest BCUT2D eigenvalue weighted by atomic mass is 10.3. The molecule has 0 atom stereocenters. The summed E-state index contributed by atoms with van der Waals surface area (Å²) in [6, 6.07) is 14.2. The van der Waals surface area contributed by atoms with Crippen LogP contribution in [0.1, 0.15) is 18.7 Å². The van der Waals surface area contributed by atoms with Crippen molar-refractivity contribution in [1.82, 2.24) is 25.0 Å². The number of nitrogens with one attached hydrogen (secondary N) is 2. The molecule has 3 aromatic rings. The molecule has 2 aromatic carbocycles. The molecule has 0 unspecified atom stereocenters. The van der Waals surface area contributed by atoms with Crippen LogP contribution in [0.4, 0.5) is 10.5 Å². The van der Waals surface area contributed by atoms with Gasteiger partial charge in [0.15, 0.2) is 22.5 Å². The Morgan fingerprint density at radius 1 is 1.00 bits per heavy atom. The zero-order chi connectivity index (χ0) is 23.3. The molecule has 0 radical (unpaired) electrons. The molecular weight excluding hydrogens is 456 g/mol. The summed E-state index contributed by atoms with van der Waals surface area (Å²) in [4.78, 5) is 27.0. The first-order valence-electron chi connectivity index (χ1n) is 11.0. The highest BCUT2D eigenvalue weighted by Crippen LogP contribution is 2.34. The van der Waals surface area contributed by atoms with Gasteiger partial charge in [-0.2, -0.15) is 0 Å². The number of urea groups is 1. The largest absolute Gasteiger partial charge is 0.454 e. The fourth-order valence-electron chi connectivity index (χ4n) is 3.90. The Balaban J connectivity index is 1.21. The molecule has 0 aliphatic carbocycles. The predicted molar refractivity (Wildman–Crippen MR) is 126 cm³/mol. The molecule has 0 spiro atoms. The molecule has 176 valence electrons. The van der Waals surface area contributed by atoms with Crippen molar-refractivity contribution in [2.75, 3.05) is 31.0 Å². The van der Waals surface area contributed by atoms with Gasteiger partial charge in [0, 0.05) is 17.4 Å². The van der Waals surface area contributed by atoms with Crippen molar-refractivity contribution in [1.29, 1.82) is 0 Å². The van der Waals surface area contributed by atoms with Crippen molar-refractivity contribution in [2.45, 2.75) is 24.5 Å². The van der Waals surface area contributed by atoms with Crippen LogP contribution < -0.4 is 20.1 Å². The van der Waals surface area contributed by atoms with Crippen molar-refractivity contribution in [3.8, 4) is 17.2 Å². The second-order valence-electron chi connectivity index (χ2n) is 7.91. The monoisotopic (exact) mass is 480 g/mol. The van der Waals surface area contributed by atoms with Gasteiger partial charge in [0.25, 0.3) is 0 Å². The van der Waals surface area contributed by atoms with E-state index in [0.29, 0.717) is 28.9 Å². The van der Waals surface area contributed by atoms with Crippen LogP contribution in [0, 0.1) is 0 Å². The fraction of sp³-hybridized carbons (Fsp3) is 0.304. The molecule has 10 nitrogen and oxygen atoms in total. The number of hydrogen-bond acceptors (Lipinski definition) is 8. The number of ether oxygens (including phenoxy) is 2. The van der Waals surface area contributed by atoms with Gasteiger partial charge in [0.05, 0.1) is 12.3 Å². The number of imide groups is 1. The highest BCUT2D eigenvalue weighted by Gasteiger charge is 2.20. The molecule has 34 heavy (non-hydrogen) atoms. The molecule has 0 saturated carbocycles. The first kappa shape index (κ1) is 22.2. The minimum Gasteiger partial charge on any atom is -0.454 e. The number of aromatic nitrogens is 3. The van der Waals surface area contributed by atoms with E-state index >= 15 is 0 Å². The van der Waals surface area contributed by atoms with Crippen LogP contribution in [0.2, 0.25) is 0 Å². The summed E-state index contributed by atoms with van der Waals surface area (Å²) in [7, 11) is 0. The molecule has 3 amide bonds. The molecule has 2 N–H and O–H groups in total. The van der Waals surface area contributed by atoms with Crippen LogP contribution in [-0.2, 0) is 11.3 Å². The number of amides is 3. The topological polar surface area (TPSA) is 111 Å². The lowest BCUT2D eigenvalue weighted by Crippen LogP contribution is -2.35. The van der Waals surface area contributed by atoms with Gasteiger partial charge in [-0.05, 0) is 50.2 Å². The van der Waals surface area contributed by atoms with E-state index in [0.717, 1.165) is 24.6 Å². The van der Waals surface area contributed by atoms with E-state index in [-0.39, 0.29) is 12.5 Å². The molecule has 2 aliphatic heterocycles. The first-order chi connectivity index (χ1) is 16.7. The van der Waals surface area contributed by atoms with Crippen molar-refractivity contribution in [2.24, 2.45) is 0 Å². The summed E-state index contributed by atoms with van der Waals surface area (Å²) >= 11 is 1.24. The van der Waals surface area contributed by atoms with Gasteiger partial charge in [0.1, 0.15) is 0 Å². The highest BCUT2D eigenvalue weighted by molar-refractivity contribution is 7.99. The van der Waals surface area contributed by atoms with Gasteiger partial charge in [0.2, 0.25) is 12.7 Å². The summed E-state index contributed by atoms with van der Waals surface area (Å²) in [5.41, 5.74) is 1.43. The molecule has 3 heterocycles. The van der Waals surface area contributed by atoms with E-state index in [1.54, 1.807) is 18.2 Å². The summed E-state index contributed by atoms with van der Waals surface area (Å²) in [5, 5.41) is 14.3. The Hall–Kier alpha value is -3.57. The third kappa shape index (κ3) is 5.15. The maximum Gasteiger partial charge on any atom is 0.325 e. The van der Waals surface area contributed by atoms with Crippen LogP contribution in [0.3, 0.4) is 0 Å². The zero-order valence-electron chi connectivity index (χ0n) is 18.4. The van der Waals surface area contributed by atoms with Gasteiger partial charge in [-0.1, -0.05) is 30.0 Å². The Morgan fingerprint density at radius 3 is 2.62 bits per heavy atom. The van der Waals surface area contributed by atoms with Gasteiger partial charge < -0.3 is 14.8 Å². The van der Waals surface area contributed by atoms with E-state index in [1.807, 2.05) is 34.9 Å². The van der Waals surface area contributed by atoms with E-state index in [1.165, 1.54) is 24.6 Å². The predicted octanol–water partition coefficient (Wildman–Crippen LogP) is 3.03. The number of likely N-dealkylation sites (tertiary alicyclic amines) is 1. The zero-order valence-corrected chi connectivity index (χ0v) is 19.2. The number of carbonyl (C=O) groups excluding carboxylic acids is 2. The molecule has 1 fully saturated rings. The normalized spacial score (nSPS) is 14.8. The van der Waals surface area contributed by atoms with Gasteiger partial charge in [-0.15, -0.1) is 10.2 Å². The maximum atomic E-state index is 12.4. The number of fused-ring (bicyclic) bond motifs is 1. The Bertz CT molecular complexity index is 1180. The van der Waals surface area contributed by atoms with E-state index < -0.39 is 11.9 Å². The third-order valence-electron chi connectivity index (χ3n) is 5.49. The van der Waals surface area contributed by atoms with Gasteiger partial charge in [-0.25, -0.2) is 4.79 Å². The quantitative estimate of drug-likeness (QED) is 0.497. The Kier molecular flexibility index (Phi) is 6.63. The summed E-state index contributed by atoms with van der Waals surface area (Å²) < 4.78 is 12.5. The average Bonchev–Trinajstić information content (AvgIpc) is 3.59. The number of anilines is 1. The number of carbonyl (C=O) groups is 2. The Labute approximate surface area is 200 Å². The van der Waals surface area contributed by atoms with Gasteiger partial charge in [-0.3, -0.25) is 19.6 Å². The second kappa shape index (κ2) is 10.1. The SMILES string of the molecule is O=C(CSc1nnc(CN2CCCC2)n1-c1ccccc1)NC(=O)Nc1ccc2c(c1)OCO2. The minimum absolute atomic E-state index is 0.0171. The van der Waals surface area contributed by atoms with Crippen LogP contribution in [0.15, 0.2) is 53.7 Å². The molecule has 2 aliphatic rings. The number of nitrogens with zero attached hydrogens (tertiary/aromatic N) is 4. The van der Waals surface area contributed by atoms with E-state index in [4.69, 9.17) is 9.47 Å². The maximum absolute atomic E-state index is 12.4. The number of para-hydroxylation sites is 1. The van der Waals surface area contributed by atoms with Crippen molar-refractivity contribution < 1.29 is 19.1 Å². The lowest BCUT2D eigenvalue weighted by molar-refractivity contribution is -0.117. The van der Waals surface area contributed by atoms with E-state index in [2.05, 4.69) is 25.7 Å². The van der Waals surface area contributed by atoms with Crippen LogP contribution in [0.25, 0.3) is 5.69 Å². The van der Waals surface area contributed by atoms with Crippen LogP contribution >= 0.6 is 11.8 Å². The Morgan fingerprint density at radius 2 is 1.79 bits per heavy atom. The highest BCUT2D eigenvalue weighted by atomic mass is 32.2.